The highest BCUT2D eigenvalue weighted by atomic mass is 32.2. The van der Waals surface area contributed by atoms with Gasteiger partial charge >= 0.3 is 15.5 Å². The van der Waals surface area contributed by atoms with E-state index >= 15 is 0 Å². The molecule has 2 rings (SSSR count). The minimum atomic E-state index is -5.39. The van der Waals surface area contributed by atoms with E-state index in [1.165, 1.54) is 0 Å². The van der Waals surface area contributed by atoms with Crippen LogP contribution in [0.25, 0.3) is 0 Å². The average Bonchev–Trinajstić information content (AvgIpc) is 2.46. The zero-order valence-electron chi connectivity index (χ0n) is 12.1. The number of sulfonamides is 1. The second-order valence-corrected chi connectivity index (χ2v) is 7.12. The van der Waals surface area contributed by atoms with Gasteiger partial charge in [0.05, 0.1) is 4.92 Å². The van der Waals surface area contributed by atoms with Crippen molar-refractivity contribution in [3.05, 3.63) is 34.1 Å². The number of piperidine rings is 1. The Morgan fingerprint density at radius 3 is 2.33 bits per heavy atom. The number of rotatable bonds is 4. The summed E-state index contributed by atoms with van der Waals surface area (Å²) < 4.78 is 73.6. The van der Waals surface area contributed by atoms with Crippen molar-refractivity contribution in [2.75, 3.05) is 18.4 Å². The zero-order chi connectivity index (χ0) is 18.1. The van der Waals surface area contributed by atoms with Crippen LogP contribution in [0.3, 0.4) is 0 Å². The summed E-state index contributed by atoms with van der Waals surface area (Å²) in [6.07, 6.45) is 0.00591. The first-order valence-electron chi connectivity index (χ1n) is 6.79. The molecule has 1 aromatic carbocycles. The van der Waals surface area contributed by atoms with Gasteiger partial charge in [-0.1, -0.05) is 0 Å². The van der Waals surface area contributed by atoms with Gasteiger partial charge < -0.3 is 5.32 Å². The molecule has 24 heavy (non-hydrogen) atoms. The molecule has 0 bridgehead atoms. The molecule has 0 amide bonds. The lowest BCUT2D eigenvalue weighted by Crippen LogP contribution is -2.47. The maximum absolute atomic E-state index is 13.2. The molecule has 1 fully saturated rings. The number of nitro groups is 1. The number of nitrogens with one attached hydrogen (secondary N) is 1. The van der Waals surface area contributed by atoms with E-state index in [4.69, 9.17) is 0 Å². The molecule has 1 aliphatic heterocycles. The van der Waals surface area contributed by atoms with Gasteiger partial charge in [-0.2, -0.15) is 17.5 Å². The van der Waals surface area contributed by atoms with Gasteiger partial charge in [-0.15, -0.1) is 0 Å². The summed E-state index contributed by atoms with van der Waals surface area (Å²) in [6, 6.07) is 2.30. The summed E-state index contributed by atoms with van der Waals surface area (Å²) in [5, 5.41) is 13.6. The second-order valence-electron chi connectivity index (χ2n) is 5.19. The van der Waals surface area contributed by atoms with Gasteiger partial charge in [0.25, 0.3) is 5.69 Å². The van der Waals surface area contributed by atoms with Crippen LogP contribution in [0.1, 0.15) is 12.8 Å². The molecule has 1 heterocycles. The summed E-state index contributed by atoms with van der Waals surface area (Å²) in [7, 11) is -5.39. The smallest absolute Gasteiger partial charge is 0.377 e. The minimum Gasteiger partial charge on any atom is -0.377 e. The first-order chi connectivity index (χ1) is 11.0. The number of anilines is 1. The molecular formula is C12H13F4N3O4S. The highest BCUT2D eigenvalue weighted by Gasteiger charge is 2.50. The molecular weight excluding hydrogens is 358 g/mol. The Hall–Kier alpha value is -1.95. The molecule has 134 valence electrons. The van der Waals surface area contributed by atoms with Crippen LogP contribution in [0.4, 0.5) is 28.9 Å². The molecule has 7 nitrogen and oxygen atoms in total. The van der Waals surface area contributed by atoms with E-state index in [9.17, 15) is 36.1 Å². The molecule has 0 spiro atoms. The van der Waals surface area contributed by atoms with Crippen LogP contribution in [0.5, 0.6) is 0 Å². The molecule has 0 radical (unpaired) electrons. The number of halogens is 4. The van der Waals surface area contributed by atoms with Gasteiger partial charge in [-0.3, -0.25) is 10.1 Å². The summed E-state index contributed by atoms with van der Waals surface area (Å²) >= 11 is 0. The average molecular weight is 371 g/mol. The Morgan fingerprint density at radius 1 is 1.25 bits per heavy atom. The fourth-order valence-electron chi connectivity index (χ4n) is 2.39. The van der Waals surface area contributed by atoms with Crippen molar-refractivity contribution in [3.8, 4) is 0 Å². The molecule has 1 aromatic rings. The van der Waals surface area contributed by atoms with E-state index in [1.54, 1.807) is 0 Å². The summed E-state index contributed by atoms with van der Waals surface area (Å²) in [6.45, 7) is -0.773. The van der Waals surface area contributed by atoms with Crippen molar-refractivity contribution in [2.24, 2.45) is 0 Å². The first kappa shape index (κ1) is 18.4. The molecule has 0 aromatic heterocycles. The standard InChI is InChI=1S/C12H13F4N3O4S/c13-8-1-2-11(19(20)21)10(7-8)17-9-3-5-18(6-4-9)24(22,23)12(14,15)16/h1-2,7,9,17H,3-6H2. The predicted molar refractivity (Wildman–Crippen MR) is 76.2 cm³/mol. The van der Waals surface area contributed by atoms with E-state index in [0.29, 0.717) is 4.31 Å². The molecule has 1 saturated heterocycles. The van der Waals surface area contributed by atoms with Crippen molar-refractivity contribution in [2.45, 2.75) is 24.4 Å². The highest BCUT2D eigenvalue weighted by Crippen LogP contribution is 2.31. The number of hydrogen-bond acceptors (Lipinski definition) is 5. The normalized spacial score (nSPS) is 17.7. The van der Waals surface area contributed by atoms with Gasteiger partial charge in [-0.05, 0) is 18.9 Å². The van der Waals surface area contributed by atoms with Crippen LogP contribution in [0.15, 0.2) is 18.2 Å². The van der Waals surface area contributed by atoms with Crippen LogP contribution < -0.4 is 5.32 Å². The monoisotopic (exact) mass is 371 g/mol. The zero-order valence-corrected chi connectivity index (χ0v) is 12.9. The molecule has 0 unspecified atom stereocenters. The Balaban J connectivity index is 2.07. The number of nitro benzene ring substituents is 1. The fraction of sp³-hybridized carbons (Fsp3) is 0.500. The van der Waals surface area contributed by atoms with E-state index < -0.39 is 32.3 Å². The van der Waals surface area contributed by atoms with Gasteiger partial charge in [-0.25, -0.2) is 12.8 Å². The topological polar surface area (TPSA) is 92.6 Å². The Morgan fingerprint density at radius 2 is 1.83 bits per heavy atom. The Labute approximate surface area is 134 Å². The van der Waals surface area contributed by atoms with E-state index in [-0.39, 0.29) is 37.3 Å². The summed E-state index contributed by atoms with van der Waals surface area (Å²) in [5.74, 6) is -0.708. The first-order valence-corrected chi connectivity index (χ1v) is 8.23. The second kappa shape index (κ2) is 6.51. The molecule has 0 aliphatic carbocycles. The van der Waals surface area contributed by atoms with Crippen molar-refractivity contribution in [1.29, 1.82) is 0 Å². The van der Waals surface area contributed by atoms with Crippen LogP contribution in [-0.2, 0) is 10.0 Å². The van der Waals surface area contributed by atoms with Gasteiger partial charge in [0.15, 0.2) is 0 Å². The lowest BCUT2D eigenvalue weighted by Gasteiger charge is -2.32. The third kappa shape index (κ3) is 3.75. The molecule has 1 N–H and O–H groups in total. The van der Waals surface area contributed by atoms with Crippen molar-refractivity contribution in [3.63, 3.8) is 0 Å². The van der Waals surface area contributed by atoms with Crippen LogP contribution >= 0.6 is 0 Å². The Kier molecular flexibility index (Phi) is 4.99. The third-order valence-electron chi connectivity index (χ3n) is 3.60. The van der Waals surface area contributed by atoms with Crippen molar-refractivity contribution >= 4 is 21.4 Å². The number of nitrogens with zero attached hydrogens (tertiary/aromatic N) is 2. The maximum atomic E-state index is 13.2. The lowest BCUT2D eigenvalue weighted by atomic mass is 10.1. The Bertz CT molecular complexity index is 730. The lowest BCUT2D eigenvalue weighted by molar-refractivity contribution is -0.384. The van der Waals surface area contributed by atoms with E-state index in [1.807, 2.05) is 0 Å². The quantitative estimate of drug-likeness (QED) is 0.499. The minimum absolute atomic E-state index is 0.00295. The number of hydrogen-bond donors (Lipinski definition) is 1. The molecule has 0 atom stereocenters. The van der Waals surface area contributed by atoms with Crippen molar-refractivity contribution in [1.82, 2.24) is 4.31 Å². The highest BCUT2D eigenvalue weighted by molar-refractivity contribution is 7.90. The van der Waals surface area contributed by atoms with E-state index in [2.05, 4.69) is 5.32 Å². The summed E-state index contributed by atoms with van der Waals surface area (Å²) in [5.41, 5.74) is -5.84. The molecule has 1 aliphatic rings. The molecule has 12 heteroatoms. The SMILES string of the molecule is O=[N+]([O-])c1ccc(F)cc1NC1CCN(S(=O)(=O)C(F)(F)F)CC1. The van der Waals surface area contributed by atoms with Crippen LogP contribution in [-0.4, -0.2) is 42.3 Å². The van der Waals surface area contributed by atoms with Gasteiger partial charge in [0, 0.05) is 31.3 Å². The maximum Gasteiger partial charge on any atom is 0.511 e. The van der Waals surface area contributed by atoms with Gasteiger partial charge in [0.1, 0.15) is 11.5 Å². The third-order valence-corrected chi connectivity index (χ3v) is 5.23. The van der Waals surface area contributed by atoms with Crippen LogP contribution in [0.2, 0.25) is 0 Å². The predicted octanol–water partition coefficient (Wildman–Crippen LogP) is 2.46. The van der Waals surface area contributed by atoms with Crippen LogP contribution in [0, 0.1) is 15.9 Å². The van der Waals surface area contributed by atoms with Gasteiger partial charge in [0.2, 0.25) is 0 Å². The summed E-state index contributed by atoms with van der Waals surface area (Å²) in [4.78, 5) is 10.2. The largest absolute Gasteiger partial charge is 0.511 e. The number of alkyl halides is 3. The van der Waals surface area contributed by atoms with Crippen molar-refractivity contribution < 1.29 is 30.9 Å². The molecule has 0 saturated carbocycles. The number of benzene rings is 1. The fourth-order valence-corrected chi connectivity index (χ4v) is 3.37. The van der Waals surface area contributed by atoms with E-state index in [0.717, 1.165) is 18.2 Å².